The van der Waals surface area contributed by atoms with E-state index in [1.807, 2.05) is 11.0 Å². The van der Waals surface area contributed by atoms with Gasteiger partial charge in [-0.15, -0.1) is 0 Å². The molecule has 0 heterocycles. The number of hydrogen-bond acceptors (Lipinski definition) is 3. The van der Waals surface area contributed by atoms with E-state index in [2.05, 4.69) is 12.1 Å². The second-order valence-corrected chi connectivity index (χ2v) is 6.40. The van der Waals surface area contributed by atoms with Gasteiger partial charge in [-0.2, -0.15) is 0 Å². The van der Waals surface area contributed by atoms with E-state index in [1.165, 1.54) is 11.1 Å². The molecule has 0 spiro atoms. The fourth-order valence-electron chi connectivity index (χ4n) is 3.56. The predicted molar refractivity (Wildman–Crippen MR) is 85.1 cm³/mol. The largest absolute Gasteiger partial charge is 0.497 e. The first-order valence-corrected chi connectivity index (χ1v) is 8.30. The van der Waals surface area contributed by atoms with Crippen LogP contribution in [0, 0.1) is 0 Å². The predicted octanol–water partition coefficient (Wildman–Crippen LogP) is 2.49. The Balaban J connectivity index is 1.72. The summed E-state index contributed by atoms with van der Waals surface area (Å²) in [6.45, 7) is 0.534. The van der Waals surface area contributed by atoms with Gasteiger partial charge in [-0.25, -0.2) is 0 Å². The molecule has 0 radical (unpaired) electrons. The van der Waals surface area contributed by atoms with Crippen LogP contribution in [0.5, 0.6) is 5.75 Å². The minimum Gasteiger partial charge on any atom is -0.497 e. The van der Waals surface area contributed by atoms with Gasteiger partial charge in [-0.05, 0) is 61.3 Å². The SMILES string of the molecule is COc1ccc2c(c1)CCCC2CC(=O)N(CCO)C1CC1. The number of benzene rings is 1. The molecule has 3 rings (SSSR count). The highest BCUT2D eigenvalue weighted by molar-refractivity contribution is 5.78. The maximum absolute atomic E-state index is 12.6. The Morgan fingerprint density at radius 2 is 2.18 bits per heavy atom. The van der Waals surface area contributed by atoms with Gasteiger partial charge < -0.3 is 14.7 Å². The normalized spacial score (nSPS) is 20.4. The average Bonchev–Trinajstić information content (AvgIpc) is 3.37. The minimum absolute atomic E-state index is 0.0562. The first-order valence-electron chi connectivity index (χ1n) is 8.30. The number of aryl methyl sites for hydroxylation is 1. The van der Waals surface area contributed by atoms with E-state index in [9.17, 15) is 9.90 Å². The van der Waals surface area contributed by atoms with E-state index in [0.717, 1.165) is 37.9 Å². The number of amides is 1. The second kappa shape index (κ2) is 6.69. The Bertz CT molecular complexity index is 539. The molecule has 2 aliphatic rings. The van der Waals surface area contributed by atoms with Crippen molar-refractivity contribution in [3.8, 4) is 5.75 Å². The highest BCUT2D eigenvalue weighted by Crippen LogP contribution is 2.37. The summed E-state index contributed by atoms with van der Waals surface area (Å²) in [6, 6.07) is 6.60. The summed E-state index contributed by atoms with van der Waals surface area (Å²) in [7, 11) is 1.69. The summed E-state index contributed by atoms with van der Waals surface area (Å²) in [4.78, 5) is 14.5. The Labute approximate surface area is 132 Å². The molecule has 1 aromatic carbocycles. The van der Waals surface area contributed by atoms with Crippen LogP contribution in [0.4, 0.5) is 0 Å². The van der Waals surface area contributed by atoms with Crippen molar-refractivity contribution >= 4 is 5.91 Å². The van der Waals surface area contributed by atoms with Crippen LogP contribution in [0.25, 0.3) is 0 Å². The molecule has 1 saturated carbocycles. The number of hydrogen-bond donors (Lipinski definition) is 1. The van der Waals surface area contributed by atoms with Gasteiger partial charge in [0.1, 0.15) is 5.75 Å². The molecule has 2 aliphatic carbocycles. The van der Waals surface area contributed by atoms with Crippen LogP contribution in [0.1, 0.15) is 49.1 Å². The van der Waals surface area contributed by atoms with Crippen molar-refractivity contribution in [1.82, 2.24) is 4.90 Å². The average molecular weight is 303 g/mol. The summed E-state index contributed by atoms with van der Waals surface area (Å²) >= 11 is 0. The summed E-state index contributed by atoms with van der Waals surface area (Å²) in [6.07, 6.45) is 6.01. The van der Waals surface area contributed by atoms with Crippen LogP contribution in [-0.2, 0) is 11.2 Å². The lowest BCUT2D eigenvalue weighted by molar-refractivity contribution is -0.132. The zero-order valence-corrected chi connectivity index (χ0v) is 13.3. The first kappa shape index (κ1) is 15.3. The van der Waals surface area contributed by atoms with Crippen LogP contribution < -0.4 is 4.74 Å². The van der Waals surface area contributed by atoms with Crippen molar-refractivity contribution in [2.24, 2.45) is 0 Å². The number of aliphatic hydroxyl groups excluding tert-OH is 1. The van der Waals surface area contributed by atoms with Crippen LogP contribution in [0.3, 0.4) is 0 Å². The topological polar surface area (TPSA) is 49.8 Å². The van der Waals surface area contributed by atoms with Gasteiger partial charge in [-0.3, -0.25) is 4.79 Å². The van der Waals surface area contributed by atoms with Crippen LogP contribution in [0.2, 0.25) is 0 Å². The third kappa shape index (κ3) is 3.27. The molecule has 1 amide bonds. The van der Waals surface area contributed by atoms with Gasteiger partial charge in [0, 0.05) is 19.0 Å². The van der Waals surface area contributed by atoms with Gasteiger partial charge in [0.15, 0.2) is 0 Å². The van der Waals surface area contributed by atoms with Crippen molar-refractivity contribution in [2.45, 2.75) is 50.5 Å². The molecule has 1 atom stereocenters. The highest BCUT2D eigenvalue weighted by atomic mass is 16.5. The van der Waals surface area contributed by atoms with Gasteiger partial charge >= 0.3 is 0 Å². The van der Waals surface area contributed by atoms with Crippen LogP contribution in [-0.4, -0.2) is 42.2 Å². The monoisotopic (exact) mass is 303 g/mol. The van der Waals surface area contributed by atoms with Crippen molar-refractivity contribution in [1.29, 1.82) is 0 Å². The lowest BCUT2D eigenvalue weighted by Gasteiger charge is -2.28. The molecular weight excluding hydrogens is 278 g/mol. The number of methoxy groups -OCH3 is 1. The van der Waals surface area contributed by atoms with Crippen LogP contribution in [0.15, 0.2) is 18.2 Å². The number of carbonyl (C=O) groups excluding carboxylic acids is 1. The maximum atomic E-state index is 12.6. The molecule has 1 fully saturated rings. The fourth-order valence-corrected chi connectivity index (χ4v) is 3.56. The van der Waals surface area contributed by atoms with E-state index in [4.69, 9.17) is 4.74 Å². The molecule has 1 unspecified atom stereocenters. The molecule has 1 N–H and O–H groups in total. The zero-order valence-electron chi connectivity index (χ0n) is 13.3. The molecule has 0 aliphatic heterocycles. The van der Waals surface area contributed by atoms with Crippen LogP contribution >= 0.6 is 0 Å². The number of ether oxygens (including phenoxy) is 1. The number of aliphatic hydroxyl groups is 1. The Morgan fingerprint density at radius 3 is 2.86 bits per heavy atom. The first-order chi connectivity index (χ1) is 10.7. The number of nitrogens with zero attached hydrogens (tertiary/aromatic N) is 1. The molecule has 0 aromatic heterocycles. The van der Waals surface area contributed by atoms with Gasteiger partial charge in [0.25, 0.3) is 0 Å². The quantitative estimate of drug-likeness (QED) is 0.878. The molecule has 1 aromatic rings. The van der Waals surface area contributed by atoms with E-state index in [0.29, 0.717) is 24.9 Å². The Hall–Kier alpha value is -1.55. The summed E-state index contributed by atoms with van der Waals surface area (Å²) in [5.41, 5.74) is 2.63. The van der Waals surface area contributed by atoms with Crippen molar-refractivity contribution in [3.05, 3.63) is 29.3 Å². The third-order valence-electron chi connectivity index (χ3n) is 4.86. The summed E-state index contributed by atoms with van der Waals surface area (Å²) in [5.74, 6) is 1.40. The number of carbonyl (C=O) groups is 1. The Kier molecular flexibility index (Phi) is 4.67. The molecular formula is C18H25NO3. The van der Waals surface area contributed by atoms with E-state index in [-0.39, 0.29) is 12.5 Å². The van der Waals surface area contributed by atoms with Crippen molar-refractivity contribution in [2.75, 3.05) is 20.3 Å². The second-order valence-electron chi connectivity index (χ2n) is 6.40. The summed E-state index contributed by atoms with van der Waals surface area (Å²) in [5, 5.41) is 9.18. The smallest absolute Gasteiger partial charge is 0.223 e. The summed E-state index contributed by atoms with van der Waals surface area (Å²) < 4.78 is 5.30. The minimum atomic E-state index is 0.0562. The highest BCUT2D eigenvalue weighted by Gasteiger charge is 2.33. The standard InChI is InChI=1S/C18H25NO3/c1-22-16-7-8-17-13(11-16)3-2-4-14(17)12-18(21)19(9-10-20)15-5-6-15/h7-8,11,14-15,20H,2-6,9-10,12H2,1H3. The molecule has 0 saturated heterocycles. The Morgan fingerprint density at radius 1 is 1.36 bits per heavy atom. The molecule has 22 heavy (non-hydrogen) atoms. The maximum Gasteiger partial charge on any atom is 0.223 e. The molecule has 0 bridgehead atoms. The van der Waals surface area contributed by atoms with Gasteiger partial charge in [0.05, 0.1) is 13.7 Å². The van der Waals surface area contributed by atoms with Gasteiger partial charge in [0.2, 0.25) is 5.91 Å². The zero-order chi connectivity index (χ0) is 15.5. The lowest BCUT2D eigenvalue weighted by Crippen LogP contribution is -2.36. The number of fused-ring (bicyclic) bond motifs is 1. The van der Waals surface area contributed by atoms with E-state index < -0.39 is 0 Å². The van der Waals surface area contributed by atoms with Crippen molar-refractivity contribution < 1.29 is 14.6 Å². The molecule has 120 valence electrons. The molecule has 4 heteroatoms. The fraction of sp³-hybridized carbons (Fsp3) is 0.611. The van der Waals surface area contributed by atoms with E-state index in [1.54, 1.807) is 7.11 Å². The van der Waals surface area contributed by atoms with Crippen molar-refractivity contribution in [3.63, 3.8) is 0 Å². The number of rotatable bonds is 6. The third-order valence-corrected chi connectivity index (χ3v) is 4.86. The lowest BCUT2D eigenvalue weighted by atomic mass is 9.80. The van der Waals surface area contributed by atoms with E-state index >= 15 is 0 Å². The molecule has 4 nitrogen and oxygen atoms in total. The van der Waals surface area contributed by atoms with Gasteiger partial charge in [-0.1, -0.05) is 6.07 Å².